The van der Waals surface area contributed by atoms with Crippen LogP contribution in [0, 0.1) is 11.8 Å². The average molecular weight is 914 g/mol. The zero-order valence-corrected chi connectivity index (χ0v) is 38.9. The van der Waals surface area contributed by atoms with Gasteiger partial charge in [0.1, 0.15) is 30.5 Å². The summed E-state index contributed by atoms with van der Waals surface area (Å²) in [6.07, 6.45) is 0.729. The molecule has 0 aliphatic heterocycles. The molecule has 0 heterocycles. The van der Waals surface area contributed by atoms with Gasteiger partial charge in [0.25, 0.3) is 0 Å². The van der Waals surface area contributed by atoms with Gasteiger partial charge in [-0.3, -0.25) is 14.4 Å². The molecule has 2 amide bonds. The van der Waals surface area contributed by atoms with Crippen molar-refractivity contribution in [1.29, 1.82) is 0 Å². The standard InChI is InChI=1S/C17H25NO4.C11H16N2O2.C10H12O2.C7H15NO3.2ClH/c1-13(12-14-8-6-5-7-9-14)15(19)21-11-10-18-16(20)22-17(2,3)4;12-6-7-15-11(14)10(13)8-9-4-2-1-3-5-9;1-8(10(11)12)7-9-5-3-2-4-6-9;1-7(2,3)11-6(10)8-4-5-9;;/h5-9,13H,10-12H2,1-4H3,(H,18,20);1-5,10H,6-8,12-13H2;2-6,8H,7H2,1H3,(H,11,12);9H,4-5H2,1-3H3,(H,8,10);2*1H/t13-;10-;8-;;;/m000.../s1. The van der Waals surface area contributed by atoms with Gasteiger partial charge in [-0.05, 0) is 77.5 Å². The van der Waals surface area contributed by atoms with Crippen molar-refractivity contribution < 1.29 is 53.1 Å². The van der Waals surface area contributed by atoms with Gasteiger partial charge < -0.3 is 51.3 Å². The molecule has 15 nitrogen and oxygen atoms in total. The number of alkyl carbamates (subject to hydrolysis) is 2. The van der Waals surface area contributed by atoms with Crippen molar-refractivity contribution in [1.82, 2.24) is 10.6 Å². The lowest BCUT2D eigenvalue weighted by atomic mass is 10.0. The number of aliphatic carboxylic acids is 1. The lowest BCUT2D eigenvalue weighted by Gasteiger charge is -2.19. The highest BCUT2D eigenvalue weighted by Crippen LogP contribution is 2.11. The minimum Gasteiger partial charge on any atom is -0.481 e. The first kappa shape index (κ1) is 61.4. The number of carboxylic acids is 1. The van der Waals surface area contributed by atoms with E-state index < -0.39 is 41.4 Å². The fourth-order valence-corrected chi connectivity index (χ4v) is 4.56. The zero-order chi connectivity index (χ0) is 45.6. The molecule has 62 heavy (non-hydrogen) atoms. The minimum atomic E-state index is -0.737. The van der Waals surface area contributed by atoms with Crippen LogP contribution in [0.2, 0.25) is 0 Å². The Hall–Kier alpha value is -4.93. The van der Waals surface area contributed by atoms with Crippen LogP contribution < -0.4 is 22.1 Å². The van der Waals surface area contributed by atoms with Crippen LogP contribution >= 0.6 is 24.8 Å². The number of hydrogen-bond donors (Lipinski definition) is 6. The van der Waals surface area contributed by atoms with E-state index in [2.05, 4.69) is 10.6 Å². The van der Waals surface area contributed by atoms with E-state index >= 15 is 0 Å². The van der Waals surface area contributed by atoms with Crippen LogP contribution in [0.4, 0.5) is 9.59 Å². The number of aliphatic hydroxyl groups excluding tert-OH is 1. The normalized spacial score (nSPS) is 11.7. The molecule has 8 N–H and O–H groups in total. The fourth-order valence-electron chi connectivity index (χ4n) is 4.56. The smallest absolute Gasteiger partial charge is 0.407 e. The molecule has 0 bridgehead atoms. The van der Waals surface area contributed by atoms with E-state index in [1.807, 2.05) is 97.9 Å². The molecule has 0 saturated carbocycles. The van der Waals surface area contributed by atoms with Gasteiger partial charge in [0.05, 0.1) is 25.0 Å². The van der Waals surface area contributed by atoms with Crippen molar-refractivity contribution in [2.75, 3.05) is 39.5 Å². The van der Waals surface area contributed by atoms with Gasteiger partial charge in [-0.1, -0.05) is 105 Å². The van der Waals surface area contributed by atoms with Crippen molar-refractivity contribution >= 4 is 54.9 Å². The maximum Gasteiger partial charge on any atom is 0.407 e. The van der Waals surface area contributed by atoms with Crippen molar-refractivity contribution in [3.63, 3.8) is 0 Å². The summed E-state index contributed by atoms with van der Waals surface area (Å²) in [6.45, 7) is 15.3. The Morgan fingerprint density at radius 3 is 1.34 bits per heavy atom. The van der Waals surface area contributed by atoms with E-state index in [4.69, 9.17) is 40.6 Å². The molecule has 3 aromatic carbocycles. The molecular weight excluding hydrogens is 843 g/mol. The van der Waals surface area contributed by atoms with E-state index in [-0.39, 0.29) is 75.5 Å². The number of amides is 2. The molecule has 3 rings (SSSR count). The monoisotopic (exact) mass is 912 g/mol. The molecule has 0 aromatic heterocycles. The third-order valence-corrected chi connectivity index (χ3v) is 7.35. The van der Waals surface area contributed by atoms with Gasteiger partial charge in [-0.15, -0.1) is 24.8 Å². The molecule has 0 saturated heterocycles. The summed E-state index contributed by atoms with van der Waals surface area (Å²) in [5.41, 5.74) is 13.1. The number of nitrogens with two attached hydrogens (primary N) is 2. The quantitative estimate of drug-likeness (QED) is 0.0527. The molecule has 3 aromatic rings. The number of nitrogens with one attached hydrogen (secondary N) is 2. The largest absolute Gasteiger partial charge is 0.481 e. The summed E-state index contributed by atoms with van der Waals surface area (Å²) in [5, 5.41) is 21.9. The van der Waals surface area contributed by atoms with Crippen LogP contribution in [0.1, 0.15) is 72.1 Å². The summed E-state index contributed by atoms with van der Waals surface area (Å²) in [6, 6.07) is 28.4. The van der Waals surface area contributed by atoms with E-state index in [1.165, 1.54) is 0 Å². The number of carboxylic acid groups (broad SMARTS) is 1. The fraction of sp³-hybridized carbons (Fsp3) is 0.489. The number of halogens is 2. The maximum atomic E-state index is 11.9. The van der Waals surface area contributed by atoms with Gasteiger partial charge in [0.15, 0.2) is 0 Å². The topological polar surface area (TPSA) is 239 Å². The zero-order valence-electron chi connectivity index (χ0n) is 37.3. The van der Waals surface area contributed by atoms with Crippen LogP contribution in [0.3, 0.4) is 0 Å². The Morgan fingerprint density at radius 2 is 0.968 bits per heavy atom. The SMILES string of the molecule is CC(C)(C)OC(=O)NCCO.C[C@@H](Cc1ccccc1)C(=O)O.C[C@@H](Cc1ccccc1)C(=O)OCCNC(=O)OC(C)(C)C.Cl.Cl.NCCOC(=O)[C@@H](N)Cc1ccccc1. The lowest BCUT2D eigenvalue weighted by Crippen LogP contribution is -2.35. The number of carbonyl (C=O) groups excluding carboxylic acids is 4. The second kappa shape index (κ2) is 34.6. The van der Waals surface area contributed by atoms with Gasteiger partial charge in [0, 0.05) is 13.1 Å². The van der Waals surface area contributed by atoms with Crippen molar-refractivity contribution in [2.24, 2.45) is 23.3 Å². The summed E-state index contributed by atoms with van der Waals surface area (Å²) >= 11 is 0. The van der Waals surface area contributed by atoms with E-state index in [0.717, 1.165) is 16.7 Å². The summed E-state index contributed by atoms with van der Waals surface area (Å²) in [4.78, 5) is 55.8. The predicted octanol–water partition coefficient (Wildman–Crippen LogP) is 6.29. The number of ether oxygens (including phenoxy) is 4. The Bertz CT molecular complexity index is 1640. The molecule has 3 atom stereocenters. The Morgan fingerprint density at radius 1 is 0.597 bits per heavy atom. The van der Waals surface area contributed by atoms with Gasteiger partial charge in [-0.2, -0.15) is 0 Å². The van der Waals surface area contributed by atoms with Gasteiger partial charge in [-0.25, -0.2) is 9.59 Å². The van der Waals surface area contributed by atoms with E-state index in [0.29, 0.717) is 25.8 Å². The summed E-state index contributed by atoms with van der Waals surface area (Å²) < 4.78 is 19.9. The Kier molecular flexibility index (Phi) is 34.3. The number of rotatable bonds is 16. The molecule has 0 fully saturated rings. The lowest BCUT2D eigenvalue weighted by molar-refractivity contribution is -0.148. The molecule has 17 heteroatoms. The first-order valence-electron chi connectivity index (χ1n) is 19.8. The molecule has 0 aliphatic rings. The van der Waals surface area contributed by atoms with Crippen LogP contribution in [0.15, 0.2) is 91.0 Å². The van der Waals surface area contributed by atoms with Crippen LogP contribution in [-0.2, 0) is 52.6 Å². The van der Waals surface area contributed by atoms with Gasteiger partial charge in [0.2, 0.25) is 0 Å². The number of benzene rings is 3. The third-order valence-electron chi connectivity index (χ3n) is 7.35. The highest BCUT2D eigenvalue weighted by atomic mass is 35.5. The third kappa shape index (κ3) is 34.7. The predicted molar refractivity (Wildman–Crippen MR) is 245 cm³/mol. The number of aliphatic hydroxyl groups is 1. The Balaban J connectivity index is -0.000000770. The average Bonchev–Trinajstić information content (AvgIpc) is 3.18. The van der Waals surface area contributed by atoms with Crippen molar-refractivity contribution in [3.8, 4) is 0 Å². The minimum absolute atomic E-state index is 0. The van der Waals surface area contributed by atoms with Crippen molar-refractivity contribution in [3.05, 3.63) is 108 Å². The second-order valence-corrected chi connectivity index (χ2v) is 15.5. The number of esters is 2. The van der Waals surface area contributed by atoms with Crippen LogP contribution in [-0.4, -0.2) is 97.0 Å². The number of hydrogen-bond acceptors (Lipinski definition) is 12. The molecule has 0 aliphatic carbocycles. The highest BCUT2D eigenvalue weighted by Gasteiger charge is 2.18. The molecular formula is C45H70Cl2N4O11. The van der Waals surface area contributed by atoms with Crippen molar-refractivity contribution in [2.45, 2.75) is 91.9 Å². The maximum absolute atomic E-state index is 11.9. The first-order chi connectivity index (χ1) is 28.2. The Labute approximate surface area is 379 Å². The molecule has 0 radical (unpaired) electrons. The molecule has 0 unspecified atom stereocenters. The highest BCUT2D eigenvalue weighted by molar-refractivity contribution is 5.85. The van der Waals surface area contributed by atoms with E-state index in [1.54, 1.807) is 48.5 Å². The first-order valence-corrected chi connectivity index (χ1v) is 19.8. The molecule has 0 spiro atoms. The summed E-state index contributed by atoms with van der Waals surface area (Å²) in [5.74, 6) is -1.92. The number of carbonyl (C=O) groups is 5. The molecule has 350 valence electrons. The van der Waals surface area contributed by atoms with Crippen LogP contribution in [0.25, 0.3) is 0 Å². The van der Waals surface area contributed by atoms with Gasteiger partial charge >= 0.3 is 30.1 Å². The second-order valence-electron chi connectivity index (χ2n) is 15.5. The van der Waals surface area contributed by atoms with E-state index in [9.17, 15) is 24.0 Å². The van der Waals surface area contributed by atoms with Crippen LogP contribution in [0.5, 0.6) is 0 Å². The summed E-state index contributed by atoms with van der Waals surface area (Å²) in [7, 11) is 0.